The Hall–Kier alpha value is -1.82. The minimum atomic E-state index is 0.0598. The number of hydrogen-bond donors (Lipinski definition) is 0. The number of carbonyl (C=O) groups is 1. The monoisotopic (exact) mass is 302 g/mol. The summed E-state index contributed by atoms with van der Waals surface area (Å²) in [6, 6.07) is 0.0598. The standard InChI is InChI=1S/C15H18N4OS/c1-10-7-16-8-13(17-10)14-4-3-5-19(14)15(20)6-12-9-21-11(2)18-12/h7-9,14H,3-6H2,1-2H3/t14-/m0/s1. The van der Waals surface area contributed by atoms with Crippen LogP contribution in [0.1, 0.15) is 41.0 Å². The van der Waals surface area contributed by atoms with E-state index in [1.807, 2.05) is 24.1 Å². The molecule has 6 heteroatoms. The van der Waals surface area contributed by atoms with Gasteiger partial charge in [-0.3, -0.25) is 14.8 Å². The van der Waals surface area contributed by atoms with Crippen LogP contribution in [0.2, 0.25) is 0 Å². The zero-order valence-corrected chi connectivity index (χ0v) is 13.1. The number of aromatic nitrogens is 3. The van der Waals surface area contributed by atoms with E-state index < -0.39 is 0 Å². The zero-order valence-electron chi connectivity index (χ0n) is 12.2. The van der Waals surface area contributed by atoms with Crippen molar-refractivity contribution in [1.82, 2.24) is 19.9 Å². The fourth-order valence-electron chi connectivity index (χ4n) is 2.76. The number of rotatable bonds is 3. The zero-order chi connectivity index (χ0) is 14.8. The van der Waals surface area contributed by atoms with Crippen molar-refractivity contribution in [3.05, 3.63) is 39.9 Å². The summed E-state index contributed by atoms with van der Waals surface area (Å²) in [5.41, 5.74) is 2.65. The molecule has 21 heavy (non-hydrogen) atoms. The lowest BCUT2D eigenvalue weighted by molar-refractivity contribution is -0.131. The van der Waals surface area contributed by atoms with E-state index in [0.29, 0.717) is 6.42 Å². The third-order valence-electron chi connectivity index (χ3n) is 3.69. The van der Waals surface area contributed by atoms with Gasteiger partial charge in [0.2, 0.25) is 5.91 Å². The third kappa shape index (κ3) is 3.10. The molecular formula is C15H18N4OS. The average Bonchev–Trinajstić information content (AvgIpc) is 3.07. The SMILES string of the molecule is Cc1cncc([C@@H]2CCCN2C(=O)Cc2csc(C)n2)n1. The molecule has 0 aliphatic carbocycles. The Morgan fingerprint density at radius 1 is 1.38 bits per heavy atom. The second kappa shape index (κ2) is 5.89. The molecule has 2 aromatic heterocycles. The molecular weight excluding hydrogens is 284 g/mol. The molecule has 1 fully saturated rings. The summed E-state index contributed by atoms with van der Waals surface area (Å²) < 4.78 is 0. The van der Waals surface area contributed by atoms with Crippen LogP contribution in [0, 0.1) is 13.8 Å². The van der Waals surface area contributed by atoms with Crippen LogP contribution in [0.25, 0.3) is 0 Å². The van der Waals surface area contributed by atoms with Crippen LogP contribution in [-0.2, 0) is 11.2 Å². The van der Waals surface area contributed by atoms with Gasteiger partial charge in [0, 0.05) is 18.1 Å². The Morgan fingerprint density at radius 3 is 2.95 bits per heavy atom. The highest BCUT2D eigenvalue weighted by molar-refractivity contribution is 7.09. The second-order valence-electron chi connectivity index (χ2n) is 5.37. The normalized spacial score (nSPS) is 18.2. The van der Waals surface area contributed by atoms with Gasteiger partial charge in [-0.15, -0.1) is 11.3 Å². The summed E-state index contributed by atoms with van der Waals surface area (Å²) in [5.74, 6) is 0.131. The van der Waals surface area contributed by atoms with Crippen molar-refractivity contribution >= 4 is 17.2 Å². The quantitative estimate of drug-likeness (QED) is 0.874. The molecule has 0 radical (unpaired) electrons. The second-order valence-corrected chi connectivity index (χ2v) is 6.43. The van der Waals surface area contributed by atoms with Crippen LogP contribution >= 0.6 is 11.3 Å². The lowest BCUT2D eigenvalue weighted by Crippen LogP contribution is -2.32. The van der Waals surface area contributed by atoms with Gasteiger partial charge in [0.15, 0.2) is 0 Å². The lowest BCUT2D eigenvalue weighted by atomic mass is 10.1. The highest BCUT2D eigenvalue weighted by atomic mass is 32.1. The van der Waals surface area contributed by atoms with Crippen molar-refractivity contribution in [2.45, 2.75) is 39.2 Å². The summed E-state index contributed by atoms with van der Waals surface area (Å²) in [6.45, 7) is 4.68. The van der Waals surface area contributed by atoms with Gasteiger partial charge in [0.1, 0.15) is 0 Å². The summed E-state index contributed by atoms with van der Waals surface area (Å²) in [4.78, 5) is 27.6. The molecule has 1 amide bonds. The van der Waals surface area contributed by atoms with Gasteiger partial charge in [0.05, 0.1) is 40.7 Å². The molecule has 5 nitrogen and oxygen atoms in total. The number of likely N-dealkylation sites (tertiary alicyclic amines) is 1. The van der Waals surface area contributed by atoms with E-state index in [0.717, 1.165) is 41.5 Å². The molecule has 1 saturated heterocycles. The maximum atomic E-state index is 12.5. The molecule has 1 aliphatic heterocycles. The Morgan fingerprint density at radius 2 is 2.24 bits per heavy atom. The summed E-state index contributed by atoms with van der Waals surface area (Å²) in [5, 5.41) is 2.96. The van der Waals surface area contributed by atoms with Crippen LogP contribution in [0.3, 0.4) is 0 Å². The van der Waals surface area contributed by atoms with Crippen molar-refractivity contribution in [3.63, 3.8) is 0 Å². The van der Waals surface area contributed by atoms with E-state index in [2.05, 4.69) is 15.0 Å². The van der Waals surface area contributed by atoms with Crippen LogP contribution < -0.4 is 0 Å². The molecule has 0 bridgehead atoms. The van der Waals surface area contributed by atoms with Gasteiger partial charge in [0.25, 0.3) is 0 Å². The number of amides is 1. The fraction of sp³-hybridized carbons (Fsp3) is 0.467. The molecule has 3 rings (SSSR count). The van der Waals surface area contributed by atoms with Crippen LogP contribution in [-0.4, -0.2) is 32.3 Å². The van der Waals surface area contributed by atoms with E-state index >= 15 is 0 Å². The summed E-state index contributed by atoms with van der Waals surface area (Å²) in [7, 11) is 0. The topological polar surface area (TPSA) is 59.0 Å². The van der Waals surface area contributed by atoms with E-state index in [1.165, 1.54) is 0 Å². The highest BCUT2D eigenvalue weighted by Crippen LogP contribution is 2.31. The number of aryl methyl sites for hydroxylation is 2. The fourth-order valence-corrected chi connectivity index (χ4v) is 3.37. The average molecular weight is 302 g/mol. The molecule has 1 aliphatic rings. The van der Waals surface area contributed by atoms with Crippen molar-refractivity contribution in [2.24, 2.45) is 0 Å². The molecule has 0 saturated carbocycles. The number of hydrogen-bond acceptors (Lipinski definition) is 5. The van der Waals surface area contributed by atoms with E-state index in [9.17, 15) is 4.79 Å². The van der Waals surface area contributed by atoms with Gasteiger partial charge < -0.3 is 4.90 Å². The summed E-state index contributed by atoms with van der Waals surface area (Å²) >= 11 is 1.58. The van der Waals surface area contributed by atoms with Crippen LogP contribution in [0.15, 0.2) is 17.8 Å². The largest absolute Gasteiger partial charge is 0.334 e. The Kier molecular flexibility index (Phi) is 3.96. The predicted molar refractivity (Wildman–Crippen MR) is 81.0 cm³/mol. The molecule has 0 spiro atoms. The van der Waals surface area contributed by atoms with Crippen molar-refractivity contribution in [2.75, 3.05) is 6.54 Å². The highest BCUT2D eigenvalue weighted by Gasteiger charge is 2.31. The van der Waals surface area contributed by atoms with Crippen LogP contribution in [0.5, 0.6) is 0 Å². The Balaban J connectivity index is 1.75. The summed E-state index contributed by atoms with van der Waals surface area (Å²) in [6.07, 6.45) is 5.86. The third-order valence-corrected chi connectivity index (χ3v) is 4.51. The number of carbonyl (C=O) groups excluding carboxylic acids is 1. The van der Waals surface area contributed by atoms with Gasteiger partial charge >= 0.3 is 0 Å². The molecule has 1 atom stereocenters. The van der Waals surface area contributed by atoms with Gasteiger partial charge in [-0.2, -0.15) is 0 Å². The van der Waals surface area contributed by atoms with E-state index in [4.69, 9.17) is 0 Å². The smallest absolute Gasteiger partial charge is 0.229 e. The first-order valence-electron chi connectivity index (χ1n) is 7.12. The maximum Gasteiger partial charge on any atom is 0.229 e. The Labute approximate surface area is 128 Å². The molecule has 0 N–H and O–H groups in total. The van der Waals surface area contributed by atoms with E-state index in [1.54, 1.807) is 23.7 Å². The molecule has 0 unspecified atom stereocenters. The number of thiazole rings is 1. The number of nitrogens with zero attached hydrogens (tertiary/aromatic N) is 4. The first-order chi connectivity index (χ1) is 10.1. The van der Waals surface area contributed by atoms with Crippen molar-refractivity contribution in [1.29, 1.82) is 0 Å². The lowest BCUT2D eigenvalue weighted by Gasteiger charge is -2.24. The van der Waals surface area contributed by atoms with Crippen LogP contribution in [0.4, 0.5) is 0 Å². The first-order valence-corrected chi connectivity index (χ1v) is 8.00. The minimum absolute atomic E-state index is 0.0598. The Bertz CT molecular complexity index is 655. The first kappa shape index (κ1) is 14.1. The maximum absolute atomic E-state index is 12.5. The molecule has 2 aromatic rings. The molecule has 0 aromatic carbocycles. The molecule has 3 heterocycles. The van der Waals surface area contributed by atoms with Crippen molar-refractivity contribution in [3.8, 4) is 0 Å². The van der Waals surface area contributed by atoms with Gasteiger partial charge in [-0.05, 0) is 26.7 Å². The van der Waals surface area contributed by atoms with Crippen molar-refractivity contribution < 1.29 is 4.79 Å². The molecule has 110 valence electrons. The predicted octanol–water partition coefficient (Wildman–Crippen LogP) is 2.46. The van der Waals surface area contributed by atoms with Gasteiger partial charge in [-0.1, -0.05) is 0 Å². The van der Waals surface area contributed by atoms with Gasteiger partial charge in [-0.25, -0.2) is 4.98 Å². The van der Waals surface area contributed by atoms with E-state index in [-0.39, 0.29) is 11.9 Å². The minimum Gasteiger partial charge on any atom is -0.334 e.